The number of carboxylic acids is 1. The second kappa shape index (κ2) is 14.2. The maximum atomic E-state index is 15.3. The lowest BCUT2D eigenvalue weighted by Gasteiger charge is -2.35. The number of fused-ring (bicyclic) bond motifs is 4. The molecule has 1 aliphatic heterocycles. The fourth-order valence-corrected chi connectivity index (χ4v) is 9.34. The number of carbonyl (C=O) groups is 2. The molecule has 0 fully saturated rings. The van der Waals surface area contributed by atoms with E-state index in [0.29, 0.717) is 47.9 Å². The number of aromatic carboxylic acids is 1. The van der Waals surface area contributed by atoms with E-state index >= 15 is 4.79 Å². The van der Waals surface area contributed by atoms with Gasteiger partial charge in [0.05, 0.1) is 46.1 Å². The average molecular weight is 795 g/mol. The Morgan fingerprint density at radius 1 is 1.02 bits per heavy atom. The van der Waals surface area contributed by atoms with Crippen molar-refractivity contribution in [3.8, 4) is 16.9 Å². The number of aryl methyl sites for hydroxylation is 5. The maximum absolute atomic E-state index is 15.3. The monoisotopic (exact) mass is 793 g/mol. The highest BCUT2D eigenvalue weighted by atomic mass is 35.5. The zero-order valence-corrected chi connectivity index (χ0v) is 33.9. The highest BCUT2D eigenvalue weighted by molar-refractivity contribution is 7.07. The number of benzene rings is 3. The van der Waals surface area contributed by atoms with Gasteiger partial charge in [-0.15, -0.1) is 11.3 Å². The topological polar surface area (TPSA) is 94.5 Å². The van der Waals surface area contributed by atoms with Gasteiger partial charge in [0.25, 0.3) is 5.91 Å². The summed E-state index contributed by atoms with van der Waals surface area (Å²) in [5, 5.41) is 15.3. The number of amides is 1. The van der Waals surface area contributed by atoms with Crippen LogP contribution in [0.15, 0.2) is 65.6 Å². The Balaban J connectivity index is 1.28. The Bertz CT molecular complexity index is 2650. The van der Waals surface area contributed by atoms with Gasteiger partial charge >= 0.3 is 5.97 Å². The molecule has 1 aliphatic rings. The number of anilines is 1. The number of rotatable bonds is 10. The van der Waals surface area contributed by atoms with E-state index in [-0.39, 0.29) is 24.2 Å². The summed E-state index contributed by atoms with van der Waals surface area (Å²) < 4.78 is 12.3. The zero-order chi connectivity index (χ0) is 38.9. The zero-order valence-electron chi connectivity index (χ0n) is 31.5. The van der Waals surface area contributed by atoms with E-state index in [1.807, 2.05) is 73.6 Å². The number of ether oxygens (including phenoxy) is 1. The summed E-state index contributed by atoms with van der Waals surface area (Å²) in [7, 11) is 2.03. The summed E-state index contributed by atoms with van der Waals surface area (Å²) in [6.07, 6.45) is 3.35. The standard InChI is InChI=1S/C43H41Cl2N5O4S/c1-23-15-30(16-24(2)38(23)45)54-14-8-10-31-32-12-13-33(44)37(36-25(3)18-47(6)27(36)5)40(32)50-26(4)19-49(42(51)41(31)50)34-11-7-9-28-17-35(43(52)53)48(39(28)34)20-29-21-55-22-46-29/h7,9,11-13,15-18,21-22,26H,8,10,14,19-20H2,1-6H3,(H,52,53)/t26-/m1/s1. The molecule has 3 aromatic carbocycles. The molecule has 0 unspecified atom stereocenters. The van der Waals surface area contributed by atoms with Crippen molar-refractivity contribution in [1.82, 2.24) is 18.7 Å². The van der Waals surface area contributed by atoms with Crippen LogP contribution in [0.25, 0.3) is 32.9 Å². The van der Waals surface area contributed by atoms with Crippen LogP contribution in [0.2, 0.25) is 10.0 Å². The second-order valence-corrected chi connectivity index (χ2v) is 16.1. The van der Waals surface area contributed by atoms with E-state index in [9.17, 15) is 9.90 Å². The molecule has 5 heterocycles. The minimum absolute atomic E-state index is 0.140. The van der Waals surface area contributed by atoms with Crippen LogP contribution in [0.1, 0.15) is 74.0 Å². The first-order valence-electron chi connectivity index (χ1n) is 18.3. The maximum Gasteiger partial charge on any atom is 0.352 e. The van der Waals surface area contributed by atoms with Gasteiger partial charge in [-0.05, 0) is 100 Å². The smallest absolute Gasteiger partial charge is 0.352 e. The molecule has 282 valence electrons. The molecule has 8 rings (SSSR count). The van der Waals surface area contributed by atoms with E-state index in [4.69, 9.17) is 27.9 Å². The van der Waals surface area contributed by atoms with Crippen LogP contribution in [-0.2, 0) is 20.0 Å². The largest absolute Gasteiger partial charge is 0.494 e. The predicted molar refractivity (Wildman–Crippen MR) is 222 cm³/mol. The molecule has 0 aliphatic carbocycles. The molecule has 0 radical (unpaired) electrons. The predicted octanol–water partition coefficient (Wildman–Crippen LogP) is 10.6. The van der Waals surface area contributed by atoms with E-state index < -0.39 is 5.97 Å². The lowest BCUT2D eigenvalue weighted by molar-refractivity contribution is 0.0686. The van der Waals surface area contributed by atoms with Crippen LogP contribution in [0.4, 0.5) is 5.69 Å². The Labute approximate surface area is 333 Å². The van der Waals surface area contributed by atoms with Gasteiger partial charge in [-0.3, -0.25) is 4.79 Å². The molecule has 0 saturated heterocycles. The highest BCUT2D eigenvalue weighted by Gasteiger charge is 2.38. The fourth-order valence-electron chi connectivity index (χ4n) is 8.44. The molecule has 1 atom stereocenters. The van der Waals surface area contributed by atoms with Gasteiger partial charge in [-0.1, -0.05) is 41.4 Å². The number of aromatic nitrogens is 4. The normalized spacial score (nSPS) is 14.4. The number of carboxylic acid groups (broad SMARTS) is 1. The third-order valence-electron chi connectivity index (χ3n) is 10.9. The summed E-state index contributed by atoms with van der Waals surface area (Å²) in [6, 6.07) is 15.1. The van der Waals surface area contributed by atoms with Crippen LogP contribution in [-0.4, -0.2) is 48.8 Å². The van der Waals surface area contributed by atoms with Crippen LogP contribution in [0.5, 0.6) is 5.75 Å². The van der Waals surface area contributed by atoms with Crippen molar-refractivity contribution in [2.24, 2.45) is 7.05 Å². The molecule has 4 aromatic heterocycles. The SMILES string of the molecule is Cc1cc(OCCCc2c3n(c4c(-c5c(C)cn(C)c5C)c(Cl)ccc24)[C@H](C)CN(c2cccc4cc(C(=O)O)n(Cc5cscn5)c24)C3=O)cc(C)c1Cl. The first-order chi connectivity index (χ1) is 26.3. The van der Waals surface area contributed by atoms with Crippen LogP contribution in [0, 0.1) is 27.7 Å². The molecule has 55 heavy (non-hydrogen) atoms. The lowest BCUT2D eigenvalue weighted by Crippen LogP contribution is -2.43. The number of para-hydroxylation sites is 1. The van der Waals surface area contributed by atoms with Gasteiger partial charge in [0.2, 0.25) is 0 Å². The quantitative estimate of drug-likeness (QED) is 0.139. The van der Waals surface area contributed by atoms with E-state index in [1.54, 1.807) is 16.1 Å². The van der Waals surface area contributed by atoms with Crippen molar-refractivity contribution >= 4 is 73.9 Å². The van der Waals surface area contributed by atoms with E-state index in [2.05, 4.69) is 41.1 Å². The first-order valence-corrected chi connectivity index (χ1v) is 20.0. The minimum atomic E-state index is -1.04. The summed E-state index contributed by atoms with van der Waals surface area (Å²) in [4.78, 5) is 34.1. The van der Waals surface area contributed by atoms with Crippen molar-refractivity contribution in [3.63, 3.8) is 0 Å². The van der Waals surface area contributed by atoms with Gasteiger partial charge < -0.3 is 28.4 Å². The van der Waals surface area contributed by atoms with E-state index in [0.717, 1.165) is 71.8 Å². The molecule has 9 nitrogen and oxygen atoms in total. The summed E-state index contributed by atoms with van der Waals surface area (Å²) >= 11 is 15.0. The third kappa shape index (κ3) is 6.20. The number of nitrogens with zero attached hydrogens (tertiary/aromatic N) is 5. The molecule has 12 heteroatoms. The van der Waals surface area contributed by atoms with Crippen LogP contribution >= 0.6 is 34.5 Å². The number of halogens is 2. The number of carbonyl (C=O) groups excluding carboxylic acids is 1. The first kappa shape index (κ1) is 36.9. The molecular formula is C43H41Cl2N5O4S. The van der Waals surface area contributed by atoms with Crippen molar-refractivity contribution in [3.05, 3.63) is 121 Å². The van der Waals surface area contributed by atoms with Crippen LogP contribution in [0.3, 0.4) is 0 Å². The number of thiazole rings is 1. The number of hydrogen-bond acceptors (Lipinski definition) is 5. The highest BCUT2D eigenvalue weighted by Crippen LogP contribution is 2.46. The third-order valence-corrected chi connectivity index (χ3v) is 12.5. The summed E-state index contributed by atoms with van der Waals surface area (Å²) in [5.74, 6) is -0.429. The van der Waals surface area contributed by atoms with Gasteiger partial charge in [0, 0.05) is 63.8 Å². The average Bonchev–Trinajstić information content (AvgIpc) is 3.93. The van der Waals surface area contributed by atoms with Crippen molar-refractivity contribution in [2.75, 3.05) is 18.1 Å². The molecule has 0 spiro atoms. The summed E-state index contributed by atoms with van der Waals surface area (Å²) in [6.45, 7) is 11.3. The Morgan fingerprint density at radius 2 is 1.78 bits per heavy atom. The lowest BCUT2D eigenvalue weighted by atomic mass is 9.97. The molecule has 1 amide bonds. The molecular weight excluding hydrogens is 753 g/mol. The Morgan fingerprint density at radius 3 is 2.45 bits per heavy atom. The summed E-state index contributed by atoms with van der Waals surface area (Å²) in [5.41, 5.74) is 12.5. The minimum Gasteiger partial charge on any atom is -0.494 e. The van der Waals surface area contributed by atoms with Gasteiger partial charge in [-0.2, -0.15) is 0 Å². The Hall–Kier alpha value is -5.03. The van der Waals surface area contributed by atoms with Gasteiger partial charge in [-0.25, -0.2) is 9.78 Å². The second-order valence-electron chi connectivity index (χ2n) is 14.6. The Kier molecular flexibility index (Phi) is 9.56. The molecule has 1 N–H and O–H groups in total. The van der Waals surface area contributed by atoms with Crippen molar-refractivity contribution in [1.29, 1.82) is 0 Å². The molecule has 0 bridgehead atoms. The number of hydrogen-bond donors (Lipinski definition) is 1. The van der Waals surface area contributed by atoms with Gasteiger partial charge in [0.1, 0.15) is 17.1 Å². The van der Waals surface area contributed by atoms with Crippen molar-refractivity contribution < 1.29 is 19.4 Å². The van der Waals surface area contributed by atoms with Gasteiger partial charge in [0.15, 0.2) is 0 Å². The van der Waals surface area contributed by atoms with E-state index in [1.165, 1.54) is 11.3 Å². The van der Waals surface area contributed by atoms with Crippen LogP contribution < -0.4 is 9.64 Å². The molecule has 0 saturated carbocycles. The fraction of sp³-hybridized carbons (Fsp3) is 0.279. The van der Waals surface area contributed by atoms with Crippen molar-refractivity contribution in [2.45, 2.75) is 60.0 Å². The molecule has 7 aromatic rings.